The summed E-state index contributed by atoms with van der Waals surface area (Å²) in [6.45, 7) is 2.51. The Morgan fingerprint density at radius 1 is 1.41 bits per heavy atom. The van der Waals surface area contributed by atoms with E-state index in [-0.39, 0.29) is 0 Å². The van der Waals surface area contributed by atoms with Gasteiger partial charge in [-0.25, -0.2) is 0 Å². The van der Waals surface area contributed by atoms with E-state index in [1.165, 1.54) is 0 Å². The molecule has 0 saturated carbocycles. The van der Waals surface area contributed by atoms with Crippen LogP contribution in [0.1, 0.15) is 23.4 Å². The van der Waals surface area contributed by atoms with Crippen molar-refractivity contribution in [2.24, 2.45) is 5.84 Å². The second kappa shape index (κ2) is 6.10. The molecular weight excluding hydrogens is 296 g/mol. The summed E-state index contributed by atoms with van der Waals surface area (Å²) in [6.07, 6.45) is 1.86. The van der Waals surface area contributed by atoms with Crippen molar-refractivity contribution in [1.82, 2.24) is 5.43 Å². The van der Waals surface area contributed by atoms with Crippen LogP contribution >= 0.6 is 11.3 Å². The third-order valence-corrected chi connectivity index (χ3v) is 4.47. The van der Waals surface area contributed by atoms with Crippen molar-refractivity contribution >= 4 is 22.7 Å². The molecule has 5 nitrogen and oxygen atoms in total. The minimum Gasteiger partial charge on any atom is -0.492 e. The number of nitrogens with zero attached hydrogens (tertiary/aromatic N) is 2. The van der Waals surface area contributed by atoms with Gasteiger partial charge in [-0.15, -0.1) is 11.3 Å². The molecule has 0 fully saturated rings. The molecule has 1 aromatic carbocycles. The van der Waals surface area contributed by atoms with Gasteiger partial charge in [0.15, 0.2) is 6.04 Å². The van der Waals surface area contributed by atoms with Crippen LogP contribution in [0.3, 0.4) is 0 Å². The number of rotatable bonds is 4. The molecule has 0 radical (unpaired) electrons. The first-order valence-electron chi connectivity index (χ1n) is 6.96. The molecule has 112 valence electrons. The topological polar surface area (TPSA) is 74.3 Å². The molecule has 22 heavy (non-hydrogen) atoms. The van der Waals surface area contributed by atoms with E-state index in [0.29, 0.717) is 6.61 Å². The van der Waals surface area contributed by atoms with Crippen molar-refractivity contribution in [2.45, 2.75) is 13.0 Å². The fourth-order valence-corrected chi connectivity index (χ4v) is 3.51. The van der Waals surface area contributed by atoms with E-state index in [4.69, 9.17) is 10.6 Å². The maximum atomic E-state index is 9.66. The van der Waals surface area contributed by atoms with Crippen molar-refractivity contribution in [2.75, 3.05) is 11.5 Å². The Labute approximate surface area is 133 Å². The molecule has 0 aliphatic carbocycles. The summed E-state index contributed by atoms with van der Waals surface area (Å²) in [5, 5.41) is 11.6. The monoisotopic (exact) mass is 312 g/mol. The summed E-state index contributed by atoms with van der Waals surface area (Å²) in [6, 6.07) is 11.7. The van der Waals surface area contributed by atoms with Crippen LogP contribution in [0.5, 0.6) is 5.75 Å². The van der Waals surface area contributed by atoms with Crippen LogP contribution in [0.15, 0.2) is 41.9 Å². The lowest BCUT2D eigenvalue weighted by molar-refractivity contribution is 0.340. The summed E-state index contributed by atoms with van der Waals surface area (Å²) >= 11 is 1.55. The third-order valence-electron chi connectivity index (χ3n) is 3.50. The number of hydrogen-bond donors (Lipinski definition) is 2. The zero-order valence-electron chi connectivity index (χ0n) is 12.1. The number of nitriles is 1. The molecule has 6 heteroatoms. The van der Waals surface area contributed by atoms with Crippen LogP contribution in [0.2, 0.25) is 0 Å². The fraction of sp³-hybridized carbons (Fsp3) is 0.188. The maximum Gasteiger partial charge on any atom is 0.156 e. The lowest BCUT2D eigenvalue weighted by Crippen LogP contribution is -2.31. The number of para-hydroxylation sites is 2. The molecule has 1 atom stereocenters. The van der Waals surface area contributed by atoms with E-state index >= 15 is 0 Å². The summed E-state index contributed by atoms with van der Waals surface area (Å²) in [5.41, 5.74) is 5.33. The van der Waals surface area contributed by atoms with Gasteiger partial charge >= 0.3 is 0 Å². The van der Waals surface area contributed by atoms with Crippen molar-refractivity contribution in [3.8, 4) is 11.8 Å². The number of thiophene rings is 1. The summed E-state index contributed by atoms with van der Waals surface area (Å²) in [5.74, 6) is 6.39. The minimum atomic E-state index is -0.395. The van der Waals surface area contributed by atoms with Crippen LogP contribution in [0.4, 0.5) is 5.69 Å². The highest BCUT2D eigenvalue weighted by molar-refractivity contribution is 7.10. The molecule has 1 aliphatic rings. The molecular formula is C16H16N4OS. The number of anilines is 1. The first-order valence-corrected chi connectivity index (χ1v) is 7.84. The molecule has 1 aliphatic heterocycles. The van der Waals surface area contributed by atoms with E-state index in [2.05, 4.69) is 11.5 Å². The highest BCUT2D eigenvalue weighted by Gasteiger charge is 2.30. The molecule has 2 heterocycles. The summed E-state index contributed by atoms with van der Waals surface area (Å²) < 4.78 is 5.69. The minimum absolute atomic E-state index is 0.395. The Morgan fingerprint density at radius 2 is 2.23 bits per heavy atom. The molecule has 3 rings (SSSR count). The number of fused-ring (bicyclic) bond motifs is 1. The second-order valence-corrected chi connectivity index (χ2v) is 5.67. The van der Waals surface area contributed by atoms with Gasteiger partial charge in [0, 0.05) is 11.8 Å². The SMILES string of the molecule is CCOc1ccccc1N1C=C(NN)c2ccsc2C1C#N. The molecule has 1 aromatic heterocycles. The van der Waals surface area contributed by atoms with E-state index in [9.17, 15) is 5.26 Å². The van der Waals surface area contributed by atoms with Crippen molar-refractivity contribution in [1.29, 1.82) is 5.26 Å². The molecule has 0 bridgehead atoms. The Kier molecular flexibility index (Phi) is 4.00. The molecule has 3 N–H and O–H groups in total. The normalized spacial score (nSPS) is 16.5. The van der Waals surface area contributed by atoms with E-state index in [0.717, 1.165) is 27.6 Å². The van der Waals surface area contributed by atoms with Crippen molar-refractivity contribution in [3.05, 3.63) is 52.4 Å². The van der Waals surface area contributed by atoms with Gasteiger partial charge in [-0.2, -0.15) is 5.26 Å². The zero-order valence-corrected chi connectivity index (χ0v) is 12.9. The van der Waals surface area contributed by atoms with Crippen LogP contribution in [-0.2, 0) is 0 Å². The van der Waals surface area contributed by atoms with Gasteiger partial charge in [-0.1, -0.05) is 12.1 Å². The Hall–Kier alpha value is -2.49. The van der Waals surface area contributed by atoms with Crippen LogP contribution in [0, 0.1) is 11.3 Å². The standard InChI is InChI=1S/C16H16N4OS/c1-2-21-15-6-4-3-5-13(15)20-10-12(19-18)11-7-8-22-16(11)14(20)9-17/h3-8,10,14,19H,2,18H2,1H3. The number of hydrazine groups is 1. The average molecular weight is 312 g/mol. The lowest BCUT2D eigenvalue weighted by atomic mass is 10.0. The van der Waals surface area contributed by atoms with Gasteiger partial charge in [0.25, 0.3) is 0 Å². The fourth-order valence-electron chi connectivity index (χ4n) is 2.56. The highest BCUT2D eigenvalue weighted by Crippen LogP contribution is 2.42. The van der Waals surface area contributed by atoms with Gasteiger partial charge in [0.05, 0.1) is 28.9 Å². The molecule has 2 aromatic rings. The number of nitrogens with one attached hydrogen (secondary N) is 1. The average Bonchev–Trinajstić information content (AvgIpc) is 3.03. The molecule has 0 saturated heterocycles. The first-order chi connectivity index (χ1) is 10.8. The number of benzene rings is 1. The second-order valence-electron chi connectivity index (χ2n) is 4.73. The summed E-state index contributed by atoms with van der Waals surface area (Å²) in [4.78, 5) is 2.88. The van der Waals surface area contributed by atoms with Gasteiger partial charge in [0.1, 0.15) is 5.75 Å². The van der Waals surface area contributed by atoms with Gasteiger partial charge in [-0.3, -0.25) is 5.84 Å². The first kappa shape index (κ1) is 14.4. The van der Waals surface area contributed by atoms with Gasteiger partial charge in [-0.05, 0) is 30.5 Å². The van der Waals surface area contributed by atoms with Crippen LogP contribution in [0.25, 0.3) is 5.70 Å². The Balaban J connectivity index is 2.12. The predicted octanol–water partition coefficient (Wildman–Crippen LogP) is 2.99. The van der Waals surface area contributed by atoms with E-state index in [1.807, 2.05) is 53.7 Å². The van der Waals surface area contributed by atoms with Crippen LogP contribution in [-0.4, -0.2) is 6.61 Å². The molecule has 0 amide bonds. The highest BCUT2D eigenvalue weighted by atomic mass is 32.1. The Bertz CT molecular complexity index is 747. The quantitative estimate of drug-likeness (QED) is 0.670. The molecule has 1 unspecified atom stereocenters. The van der Waals surface area contributed by atoms with Crippen LogP contribution < -0.4 is 20.9 Å². The number of ether oxygens (including phenoxy) is 1. The van der Waals surface area contributed by atoms with Gasteiger partial charge in [0.2, 0.25) is 0 Å². The number of nitrogens with two attached hydrogens (primary N) is 1. The summed E-state index contributed by atoms with van der Waals surface area (Å²) in [7, 11) is 0. The largest absolute Gasteiger partial charge is 0.492 e. The van der Waals surface area contributed by atoms with Crippen molar-refractivity contribution < 1.29 is 4.74 Å². The number of hydrogen-bond acceptors (Lipinski definition) is 6. The maximum absolute atomic E-state index is 9.66. The lowest BCUT2D eigenvalue weighted by Gasteiger charge is -2.32. The smallest absolute Gasteiger partial charge is 0.156 e. The van der Waals surface area contributed by atoms with Gasteiger partial charge < -0.3 is 15.1 Å². The molecule has 0 spiro atoms. The van der Waals surface area contributed by atoms with Crippen molar-refractivity contribution in [3.63, 3.8) is 0 Å². The van der Waals surface area contributed by atoms with E-state index < -0.39 is 6.04 Å². The van der Waals surface area contributed by atoms with E-state index in [1.54, 1.807) is 11.3 Å². The Morgan fingerprint density at radius 3 is 2.95 bits per heavy atom. The third kappa shape index (κ3) is 2.30. The zero-order chi connectivity index (χ0) is 15.5. The predicted molar refractivity (Wildman–Crippen MR) is 88.1 cm³/mol.